The fourth-order valence-electron chi connectivity index (χ4n) is 2.95. The highest BCUT2D eigenvalue weighted by Crippen LogP contribution is 2.40. The number of thiophene rings is 1. The molecule has 2 aromatic rings. The van der Waals surface area contributed by atoms with E-state index in [9.17, 15) is 22.0 Å². The second-order valence-corrected chi connectivity index (χ2v) is 8.86. The van der Waals surface area contributed by atoms with Gasteiger partial charge in [0, 0.05) is 10.9 Å². The summed E-state index contributed by atoms with van der Waals surface area (Å²) in [6.45, 7) is 2.07. The maximum atomic E-state index is 13.8. The van der Waals surface area contributed by atoms with Gasteiger partial charge in [0.25, 0.3) is 15.9 Å². The summed E-state index contributed by atoms with van der Waals surface area (Å²) in [5.41, 5.74) is 6.33. The Morgan fingerprint density at radius 1 is 1.36 bits per heavy atom. The minimum Gasteiger partial charge on any atom is -0.365 e. The second-order valence-electron chi connectivity index (χ2n) is 6.10. The van der Waals surface area contributed by atoms with Crippen LogP contribution in [-0.2, 0) is 22.9 Å². The lowest BCUT2D eigenvalue weighted by Crippen LogP contribution is -2.20. The number of hydrogen-bond acceptors (Lipinski definition) is 4. The van der Waals surface area contributed by atoms with Gasteiger partial charge in [-0.15, -0.1) is 11.3 Å². The molecule has 25 heavy (non-hydrogen) atoms. The number of rotatable bonds is 4. The average Bonchev–Trinajstić information content (AvgIpc) is 2.82. The molecule has 1 heterocycles. The van der Waals surface area contributed by atoms with E-state index in [2.05, 4.69) is 11.6 Å². The van der Waals surface area contributed by atoms with Crippen LogP contribution in [0.25, 0.3) is 0 Å². The summed E-state index contributed by atoms with van der Waals surface area (Å²) in [6, 6.07) is 2.19. The van der Waals surface area contributed by atoms with Gasteiger partial charge in [-0.05, 0) is 42.9 Å². The van der Waals surface area contributed by atoms with Gasteiger partial charge < -0.3 is 5.73 Å². The van der Waals surface area contributed by atoms with Crippen molar-refractivity contribution in [1.82, 2.24) is 0 Å². The lowest BCUT2D eigenvalue weighted by molar-refractivity contribution is 0.100. The van der Waals surface area contributed by atoms with Crippen molar-refractivity contribution in [3.63, 3.8) is 0 Å². The third-order valence-corrected chi connectivity index (χ3v) is 6.85. The minimum atomic E-state index is -4.32. The zero-order chi connectivity index (χ0) is 18.4. The Morgan fingerprint density at radius 2 is 2.08 bits per heavy atom. The van der Waals surface area contributed by atoms with Crippen molar-refractivity contribution in [3.8, 4) is 0 Å². The summed E-state index contributed by atoms with van der Waals surface area (Å²) in [5.74, 6) is -2.40. The number of anilines is 1. The maximum absolute atomic E-state index is 13.8. The van der Waals surface area contributed by atoms with Crippen LogP contribution in [-0.4, -0.2) is 14.3 Å². The predicted octanol–water partition coefficient (Wildman–Crippen LogP) is 3.05. The molecule has 0 spiro atoms. The molecule has 5 nitrogen and oxygen atoms in total. The number of carbonyl (C=O) groups excluding carboxylic acids is 1. The van der Waals surface area contributed by atoms with Gasteiger partial charge in [0.2, 0.25) is 0 Å². The Labute approximate surface area is 147 Å². The molecule has 0 saturated heterocycles. The van der Waals surface area contributed by atoms with Crippen LogP contribution in [0.15, 0.2) is 23.1 Å². The lowest BCUT2D eigenvalue weighted by atomic mass is 9.88. The fraction of sp³-hybridized carbons (Fsp3) is 0.312. The smallest absolute Gasteiger partial charge is 0.265 e. The topological polar surface area (TPSA) is 89.3 Å². The molecule has 0 fully saturated rings. The SMILES string of the molecule is CC1CCc2c(sc(NS(=O)(=O)c3ccc(F)cc3F)c2C(N)=O)C1. The monoisotopic (exact) mass is 386 g/mol. The van der Waals surface area contributed by atoms with E-state index in [1.807, 2.05) is 0 Å². The van der Waals surface area contributed by atoms with E-state index in [1.54, 1.807) is 0 Å². The van der Waals surface area contributed by atoms with Crippen molar-refractivity contribution in [1.29, 1.82) is 0 Å². The summed E-state index contributed by atoms with van der Waals surface area (Å²) < 4.78 is 54.0. The molecule has 3 N–H and O–H groups in total. The number of halogens is 2. The molecule has 1 aliphatic rings. The Morgan fingerprint density at radius 3 is 2.72 bits per heavy atom. The van der Waals surface area contributed by atoms with Crippen molar-refractivity contribution >= 4 is 32.3 Å². The zero-order valence-electron chi connectivity index (χ0n) is 13.3. The number of nitrogens with one attached hydrogen (secondary N) is 1. The molecule has 0 saturated carbocycles. The third kappa shape index (κ3) is 3.38. The molecule has 0 aliphatic heterocycles. The van der Waals surface area contributed by atoms with Gasteiger partial charge in [-0.3, -0.25) is 9.52 Å². The number of primary amides is 1. The largest absolute Gasteiger partial charge is 0.365 e. The van der Waals surface area contributed by atoms with Crippen LogP contribution < -0.4 is 10.5 Å². The average molecular weight is 386 g/mol. The Kier molecular flexibility index (Phi) is 4.54. The standard InChI is InChI=1S/C16H16F2N2O3S2/c1-8-2-4-10-12(6-8)24-16(14(10)15(19)21)20-25(22,23)13-5-3-9(17)7-11(13)18/h3,5,7-8,20H,2,4,6H2,1H3,(H2,19,21). The lowest BCUT2D eigenvalue weighted by Gasteiger charge is -2.18. The first kappa shape index (κ1) is 17.8. The number of sulfonamides is 1. The number of hydrogen-bond donors (Lipinski definition) is 2. The molecule has 1 aliphatic carbocycles. The molecule has 3 rings (SSSR count). The van der Waals surface area contributed by atoms with Crippen molar-refractivity contribution in [2.24, 2.45) is 11.7 Å². The first-order valence-electron chi connectivity index (χ1n) is 7.61. The highest BCUT2D eigenvalue weighted by molar-refractivity contribution is 7.93. The van der Waals surface area contributed by atoms with E-state index in [-0.39, 0.29) is 10.6 Å². The molecule has 9 heteroatoms. The first-order valence-corrected chi connectivity index (χ1v) is 9.91. The molecule has 1 unspecified atom stereocenters. The zero-order valence-corrected chi connectivity index (χ0v) is 14.9. The molecular formula is C16H16F2N2O3S2. The molecule has 1 atom stereocenters. The minimum absolute atomic E-state index is 0.0790. The molecule has 1 aromatic heterocycles. The fourth-order valence-corrected chi connectivity index (χ4v) is 5.74. The maximum Gasteiger partial charge on any atom is 0.265 e. The van der Waals surface area contributed by atoms with E-state index in [0.717, 1.165) is 46.8 Å². The van der Waals surface area contributed by atoms with Crippen molar-refractivity contribution in [3.05, 3.63) is 45.8 Å². The number of nitrogens with two attached hydrogens (primary N) is 1. The van der Waals surface area contributed by atoms with E-state index < -0.39 is 32.5 Å². The molecule has 0 radical (unpaired) electrons. The number of fused-ring (bicyclic) bond motifs is 1. The normalized spacial score (nSPS) is 17.2. The summed E-state index contributed by atoms with van der Waals surface area (Å²) in [5, 5.41) is 0.0790. The molecule has 0 bridgehead atoms. The highest BCUT2D eigenvalue weighted by Gasteiger charge is 2.29. The molecule has 1 aromatic carbocycles. The Hall–Kier alpha value is -2.00. The van der Waals surface area contributed by atoms with Crippen LogP contribution in [0.2, 0.25) is 0 Å². The van der Waals surface area contributed by atoms with Crippen LogP contribution in [0.4, 0.5) is 13.8 Å². The summed E-state index contributed by atoms with van der Waals surface area (Å²) in [6.07, 6.45) is 2.24. The summed E-state index contributed by atoms with van der Waals surface area (Å²) in [4.78, 5) is 12.1. The molecular weight excluding hydrogens is 370 g/mol. The van der Waals surface area contributed by atoms with Gasteiger partial charge in [0.15, 0.2) is 0 Å². The molecule has 134 valence electrons. The van der Waals surface area contributed by atoms with Gasteiger partial charge in [-0.1, -0.05) is 6.92 Å². The summed E-state index contributed by atoms with van der Waals surface area (Å²) >= 11 is 1.14. The van der Waals surface area contributed by atoms with Crippen LogP contribution in [0.1, 0.15) is 34.1 Å². The number of benzene rings is 1. The Balaban J connectivity index is 2.04. The van der Waals surface area contributed by atoms with Crippen molar-refractivity contribution in [2.75, 3.05) is 4.72 Å². The van der Waals surface area contributed by atoms with Crippen molar-refractivity contribution < 1.29 is 22.0 Å². The second kappa shape index (κ2) is 6.38. The van der Waals surface area contributed by atoms with Gasteiger partial charge in [-0.2, -0.15) is 0 Å². The van der Waals surface area contributed by atoms with Crippen LogP contribution in [0.5, 0.6) is 0 Å². The van der Waals surface area contributed by atoms with E-state index in [0.29, 0.717) is 18.4 Å². The summed E-state index contributed by atoms with van der Waals surface area (Å²) in [7, 11) is -4.32. The van der Waals surface area contributed by atoms with Crippen LogP contribution >= 0.6 is 11.3 Å². The quantitative estimate of drug-likeness (QED) is 0.846. The van der Waals surface area contributed by atoms with Crippen LogP contribution in [0, 0.1) is 17.6 Å². The van der Waals surface area contributed by atoms with E-state index >= 15 is 0 Å². The van der Waals surface area contributed by atoms with Gasteiger partial charge in [0.1, 0.15) is 21.5 Å². The van der Waals surface area contributed by atoms with Gasteiger partial charge in [0.05, 0.1) is 5.56 Å². The first-order chi connectivity index (χ1) is 11.7. The van der Waals surface area contributed by atoms with Crippen LogP contribution in [0.3, 0.4) is 0 Å². The number of amides is 1. The van der Waals surface area contributed by atoms with Crippen molar-refractivity contribution in [2.45, 2.75) is 31.1 Å². The Bertz CT molecular complexity index is 955. The van der Waals surface area contributed by atoms with Gasteiger partial charge in [-0.25, -0.2) is 17.2 Å². The van der Waals surface area contributed by atoms with E-state index in [4.69, 9.17) is 5.73 Å². The number of carbonyl (C=O) groups is 1. The van der Waals surface area contributed by atoms with E-state index in [1.165, 1.54) is 0 Å². The third-order valence-electron chi connectivity index (χ3n) is 4.17. The predicted molar refractivity (Wildman–Crippen MR) is 91.2 cm³/mol. The highest BCUT2D eigenvalue weighted by atomic mass is 32.2. The molecule has 1 amide bonds. The van der Waals surface area contributed by atoms with Gasteiger partial charge >= 0.3 is 0 Å².